The van der Waals surface area contributed by atoms with E-state index < -0.39 is 12.0 Å². The SMILES string of the molecule is CC1(C)CCCN(c2nncs2)C1C(=O)O. The molecule has 0 bridgehead atoms. The molecule has 1 aromatic heterocycles. The van der Waals surface area contributed by atoms with Crippen LogP contribution in [0.15, 0.2) is 5.51 Å². The zero-order chi connectivity index (χ0) is 11.8. The summed E-state index contributed by atoms with van der Waals surface area (Å²) >= 11 is 1.39. The number of aliphatic carboxylic acids is 1. The van der Waals surface area contributed by atoms with Crippen LogP contribution in [0.3, 0.4) is 0 Å². The summed E-state index contributed by atoms with van der Waals surface area (Å²) in [7, 11) is 0. The van der Waals surface area contributed by atoms with E-state index in [4.69, 9.17) is 0 Å². The standard InChI is InChI=1S/C10H15N3O2S/c1-10(2)4-3-5-13(7(10)8(14)15)9-12-11-6-16-9/h6-7H,3-5H2,1-2H3,(H,14,15). The topological polar surface area (TPSA) is 66.3 Å². The molecule has 1 aliphatic heterocycles. The molecule has 2 heterocycles. The molecule has 0 saturated carbocycles. The van der Waals surface area contributed by atoms with Gasteiger partial charge in [-0.2, -0.15) is 0 Å². The number of hydrogen-bond acceptors (Lipinski definition) is 5. The van der Waals surface area contributed by atoms with Crippen molar-refractivity contribution in [1.29, 1.82) is 0 Å². The van der Waals surface area contributed by atoms with E-state index >= 15 is 0 Å². The van der Waals surface area contributed by atoms with Gasteiger partial charge < -0.3 is 10.0 Å². The number of anilines is 1. The summed E-state index contributed by atoms with van der Waals surface area (Å²) in [6, 6.07) is -0.505. The summed E-state index contributed by atoms with van der Waals surface area (Å²) in [5, 5.41) is 17.8. The monoisotopic (exact) mass is 241 g/mol. The Bertz CT molecular complexity index is 377. The van der Waals surface area contributed by atoms with Gasteiger partial charge >= 0.3 is 5.97 Å². The van der Waals surface area contributed by atoms with Crippen LogP contribution in [0.2, 0.25) is 0 Å². The minimum absolute atomic E-state index is 0.226. The van der Waals surface area contributed by atoms with Crippen molar-refractivity contribution in [1.82, 2.24) is 10.2 Å². The first-order valence-corrected chi connectivity index (χ1v) is 6.16. The second-order valence-corrected chi connectivity index (χ2v) is 5.56. The second-order valence-electron chi connectivity index (χ2n) is 4.75. The molecule has 0 amide bonds. The highest BCUT2D eigenvalue weighted by Gasteiger charge is 2.43. The molecule has 2 rings (SSSR count). The Kier molecular flexibility index (Phi) is 2.84. The maximum atomic E-state index is 11.4. The van der Waals surface area contributed by atoms with Gasteiger partial charge in [0.2, 0.25) is 5.13 Å². The van der Waals surface area contributed by atoms with Gasteiger partial charge in [0.05, 0.1) is 0 Å². The lowest BCUT2D eigenvalue weighted by Crippen LogP contribution is -2.54. The maximum Gasteiger partial charge on any atom is 0.326 e. The predicted octanol–water partition coefficient (Wildman–Crippen LogP) is 1.62. The van der Waals surface area contributed by atoms with Crippen LogP contribution < -0.4 is 4.90 Å². The van der Waals surface area contributed by atoms with Gasteiger partial charge in [-0.1, -0.05) is 25.2 Å². The fraction of sp³-hybridized carbons (Fsp3) is 0.700. The highest BCUT2D eigenvalue weighted by atomic mass is 32.1. The van der Waals surface area contributed by atoms with Crippen molar-refractivity contribution < 1.29 is 9.90 Å². The van der Waals surface area contributed by atoms with Gasteiger partial charge in [0.1, 0.15) is 11.6 Å². The Morgan fingerprint density at radius 2 is 2.44 bits per heavy atom. The van der Waals surface area contributed by atoms with E-state index in [1.165, 1.54) is 11.3 Å². The van der Waals surface area contributed by atoms with E-state index in [2.05, 4.69) is 10.2 Å². The fourth-order valence-corrected chi connectivity index (χ4v) is 2.97. The fourth-order valence-electron chi connectivity index (χ4n) is 2.36. The zero-order valence-electron chi connectivity index (χ0n) is 9.38. The smallest absolute Gasteiger partial charge is 0.326 e. The van der Waals surface area contributed by atoms with E-state index in [0.29, 0.717) is 5.13 Å². The lowest BCUT2D eigenvalue weighted by molar-refractivity contribution is -0.142. The summed E-state index contributed by atoms with van der Waals surface area (Å²) in [4.78, 5) is 13.3. The number of piperidine rings is 1. The van der Waals surface area contributed by atoms with E-state index in [9.17, 15) is 9.90 Å². The minimum atomic E-state index is -0.778. The Morgan fingerprint density at radius 1 is 1.69 bits per heavy atom. The number of carboxylic acid groups (broad SMARTS) is 1. The number of rotatable bonds is 2. The van der Waals surface area contributed by atoms with E-state index in [1.54, 1.807) is 5.51 Å². The first-order valence-electron chi connectivity index (χ1n) is 5.28. The maximum absolute atomic E-state index is 11.4. The van der Waals surface area contributed by atoms with Crippen LogP contribution in [0.25, 0.3) is 0 Å². The molecule has 1 aliphatic rings. The zero-order valence-corrected chi connectivity index (χ0v) is 10.2. The van der Waals surface area contributed by atoms with Crippen molar-refractivity contribution in [3.63, 3.8) is 0 Å². The number of hydrogen-bond donors (Lipinski definition) is 1. The molecule has 0 aliphatic carbocycles. The summed E-state index contributed by atoms with van der Waals surface area (Å²) in [5.74, 6) is -0.778. The molecule has 6 heteroatoms. The van der Waals surface area contributed by atoms with Crippen LogP contribution >= 0.6 is 11.3 Å². The van der Waals surface area contributed by atoms with Crippen molar-refractivity contribution in [2.45, 2.75) is 32.7 Å². The summed E-state index contributed by atoms with van der Waals surface area (Å²) in [5.41, 5.74) is 1.41. The first kappa shape index (κ1) is 11.3. The van der Waals surface area contributed by atoms with Crippen molar-refractivity contribution in [2.75, 3.05) is 11.4 Å². The quantitative estimate of drug-likeness (QED) is 0.852. The molecule has 0 radical (unpaired) electrons. The van der Waals surface area contributed by atoms with Crippen LogP contribution in [0, 0.1) is 5.41 Å². The number of carbonyl (C=O) groups is 1. The Hall–Kier alpha value is -1.17. The number of carboxylic acids is 1. The third-order valence-corrected chi connectivity index (χ3v) is 3.83. The van der Waals surface area contributed by atoms with E-state index in [-0.39, 0.29) is 5.41 Å². The Labute approximate surface area is 98.1 Å². The van der Waals surface area contributed by atoms with Gasteiger partial charge in [0.25, 0.3) is 0 Å². The lowest BCUT2D eigenvalue weighted by atomic mass is 9.76. The average molecular weight is 241 g/mol. The third kappa shape index (κ3) is 1.89. The molecule has 1 atom stereocenters. The molecule has 1 aromatic rings. The van der Waals surface area contributed by atoms with Crippen molar-refractivity contribution in [3.05, 3.63) is 5.51 Å². The normalized spacial score (nSPS) is 24.4. The summed E-state index contributed by atoms with van der Waals surface area (Å²) in [6.07, 6.45) is 1.93. The van der Waals surface area contributed by atoms with Crippen LogP contribution in [-0.2, 0) is 4.79 Å². The second kappa shape index (κ2) is 4.01. The van der Waals surface area contributed by atoms with Crippen LogP contribution in [0.1, 0.15) is 26.7 Å². The number of aromatic nitrogens is 2. The molecule has 5 nitrogen and oxygen atoms in total. The van der Waals surface area contributed by atoms with Gasteiger partial charge in [-0.25, -0.2) is 4.79 Å². The molecular formula is C10H15N3O2S. The summed E-state index contributed by atoms with van der Waals surface area (Å²) < 4.78 is 0. The van der Waals surface area contributed by atoms with Crippen molar-refractivity contribution >= 4 is 22.4 Å². The van der Waals surface area contributed by atoms with Gasteiger partial charge in [0, 0.05) is 6.54 Å². The summed E-state index contributed by atoms with van der Waals surface area (Å²) in [6.45, 7) is 4.74. The molecule has 0 aromatic carbocycles. The molecule has 16 heavy (non-hydrogen) atoms. The van der Waals surface area contributed by atoms with Gasteiger partial charge in [-0.3, -0.25) is 0 Å². The Balaban J connectivity index is 2.33. The molecule has 1 unspecified atom stereocenters. The highest BCUT2D eigenvalue weighted by molar-refractivity contribution is 7.13. The molecular weight excluding hydrogens is 226 g/mol. The molecule has 0 spiro atoms. The molecule has 88 valence electrons. The van der Waals surface area contributed by atoms with Gasteiger partial charge in [-0.05, 0) is 18.3 Å². The van der Waals surface area contributed by atoms with E-state index in [1.807, 2.05) is 18.7 Å². The largest absolute Gasteiger partial charge is 0.480 e. The average Bonchev–Trinajstić information content (AvgIpc) is 2.67. The van der Waals surface area contributed by atoms with Crippen molar-refractivity contribution in [2.24, 2.45) is 5.41 Å². The number of nitrogens with zero attached hydrogens (tertiary/aromatic N) is 3. The van der Waals surface area contributed by atoms with Gasteiger partial charge in [0.15, 0.2) is 0 Å². The van der Waals surface area contributed by atoms with Crippen LogP contribution in [0.4, 0.5) is 5.13 Å². The molecule has 1 N–H and O–H groups in total. The minimum Gasteiger partial charge on any atom is -0.480 e. The van der Waals surface area contributed by atoms with Crippen LogP contribution in [0.5, 0.6) is 0 Å². The van der Waals surface area contributed by atoms with Crippen LogP contribution in [-0.4, -0.2) is 33.9 Å². The predicted molar refractivity (Wildman–Crippen MR) is 61.7 cm³/mol. The third-order valence-electron chi connectivity index (χ3n) is 3.10. The van der Waals surface area contributed by atoms with Crippen molar-refractivity contribution in [3.8, 4) is 0 Å². The highest BCUT2D eigenvalue weighted by Crippen LogP contribution is 2.38. The van der Waals surface area contributed by atoms with E-state index in [0.717, 1.165) is 19.4 Å². The first-order chi connectivity index (χ1) is 7.52. The van der Waals surface area contributed by atoms with Gasteiger partial charge in [-0.15, -0.1) is 10.2 Å². The lowest BCUT2D eigenvalue weighted by Gasteiger charge is -2.43. The molecule has 1 saturated heterocycles. The molecule has 1 fully saturated rings. The Morgan fingerprint density at radius 3 is 3.00 bits per heavy atom.